The molecule has 0 amide bonds. The van der Waals surface area contributed by atoms with E-state index in [2.05, 4.69) is 153 Å². The van der Waals surface area contributed by atoms with E-state index in [9.17, 15) is 0 Å². The fraction of sp³-hybridized carbons (Fsp3) is 0.545. The van der Waals surface area contributed by atoms with E-state index in [0.29, 0.717) is 23.7 Å². The van der Waals surface area contributed by atoms with Crippen LogP contribution in [0.3, 0.4) is 0 Å². The second kappa shape index (κ2) is 12.0. The second-order valence-electron chi connectivity index (χ2n) is 17.7. The largest absolute Gasteiger partial charge is 0.0808 e. The topological polar surface area (TPSA) is 0 Å². The average molecular weight is 617 g/mol. The summed E-state index contributed by atoms with van der Waals surface area (Å²) < 4.78 is 0. The Morgan fingerprint density at radius 3 is 1.24 bits per heavy atom. The molecule has 0 aromatic heterocycles. The number of benzene rings is 2. The van der Waals surface area contributed by atoms with Crippen molar-refractivity contribution in [1.82, 2.24) is 0 Å². The molecule has 2 aromatic carbocycles. The molecule has 45 heavy (non-hydrogen) atoms. The summed E-state index contributed by atoms with van der Waals surface area (Å²) in [6.07, 6.45) is 20.4. The molecule has 1 heteroatoms. The first kappa shape index (κ1) is 32.6. The Balaban J connectivity index is 1.29. The van der Waals surface area contributed by atoms with Gasteiger partial charge in [-0.15, -0.1) is 0 Å². The normalized spacial score (nSPS) is 31.4. The van der Waals surface area contributed by atoms with Gasteiger partial charge in [-0.2, -0.15) is 0 Å². The summed E-state index contributed by atoms with van der Waals surface area (Å²) in [5, 5.41) is 0. The zero-order chi connectivity index (χ0) is 32.3. The van der Waals surface area contributed by atoms with Gasteiger partial charge in [-0.3, -0.25) is 0 Å². The second-order valence-corrected chi connectivity index (χ2v) is 22.7. The highest BCUT2D eigenvalue weighted by Crippen LogP contribution is 2.65. The van der Waals surface area contributed by atoms with Crippen LogP contribution in [0.25, 0.3) is 11.1 Å². The van der Waals surface area contributed by atoms with Crippen LogP contribution in [-0.2, 0) is 10.8 Å². The first-order valence-electron chi connectivity index (χ1n) is 18.2. The van der Waals surface area contributed by atoms with Crippen molar-refractivity contribution >= 4 is 19.2 Å². The SMILES string of the molecule is CCC1CC2C(c3ccc(C(C)(C)C)cc3)=CC=CC2C1[Si](C)(C)C1C(CC)CC2C(c3ccc(C(C)(C)C)cc3)=CC=CC21. The van der Waals surface area contributed by atoms with Crippen molar-refractivity contribution in [3.05, 3.63) is 107 Å². The fourth-order valence-electron chi connectivity index (χ4n) is 10.6. The molecule has 0 saturated heterocycles. The summed E-state index contributed by atoms with van der Waals surface area (Å²) in [6.45, 7) is 24.5. The molecule has 4 aliphatic rings. The molecule has 2 saturated carbocycles. The van der Waals surface area contributed by atoms with E-state index in [1.54, 1.807) is 11.1 Å². The van der Waals surface area contributed by atoms with Gasteiger partial charge in [-0.05, 0) is 104 Å². The van der Waals surface area contributed by atoms with Crippen molar-refractivity contribution in [3.63, 3.8) is 0 Å². The summed E-state index contributed by atoms with van der Waals surface area (Å²) in [5.41, 5.74) is 11.0. The number of hydrogen-bond acceptors (Lipinski definition) is 0. The Bertz CT molecular complexity index is 1370. The fourth-order valence-corrected chi connectivity index (χ4v) is 16.9. The van der Waals surface area contributed by atoms with Gasteiger partial charge in [0, 0.05) is 0 Å². The molecule has 8 atom stereocenters. The van der Waals surface area contributed by atoms with Crippen molar-refractivity contribution in [3.8, 4) is 0 Å². The maximum Gasteiger partial charge on any atom is 0.0553 e. The van der Waals surface area contributed by atoms with Gasteiger partial charge in [-0.1, -0.05) is 166 Å². The van der Waals surface area contributed by atoms with E-state index < -0.39 is 8.07 Å². The number of hydrogen-bond donors (Lipinski definition) is 0. The molecule has 2 fully saturated rings. The van der Waals surface area contributed by atoms with Crippen LogP contribution >= 0.6 is 0 Å². The molecule has 0 nitrogen and oxygen atoms in total. The number of allylic oxidation sites excluding steroid dienone is 8. The van der Waals surface area contributed by atoms with Crippen molar-refractivity contribution in [2.45, 2.75) is 116 Å². The van der Waals surface area contributed by atoms with Crippen LogP contribution in [0.1, 0.15) is 103 Å². The van der Waals surface area contributed by atoms with Crippen LogP contribution in [0.2, 0.25) is 24.2 Å². The van der Waals surface area contributed by atoms with Gasteiger partial charge in [0.05, 0.1) is 8.07 Å². The molecule has 8 unspecified atom stereocenters. The van der Waals surface area contributed by atoms with Crippen LogP contribution in [0, 0.1) is 35.5 Å². The lowest BCUT2D eigenvalue weighted by Crippen LogP contribution is -2.46. The predicted octanol–water partition coefficient (Wildman–Crippen LogP) is 12.7. The summed E-state index contributed by atoms with van der Waals surface area (Å²) in [6, 6.07) is 19.2. The molecular weight excluding hydrogens is 557 g/mol. The van der Waals surface area contributed by atoms with E-state index in [0.717, 1.165) is 22.9 Å². The highest BCUT2D eigenvalue weighted by molar-refractivity contribution is 6.80. The number of fused-ring (bicyclic) bond motifs is 2. The number of rotatable bonds is 6. The van der Waals surface area contributed by atoms with Crippen LogP contribution in [0.5, 0.6) is 0 Å². The van der Waals surface area contributed by atoms with E-state index in [4.69, 9.17) is 0 Å². The lowest BCUT2D eigenvalue weighted by Gasteiger charge is -2.46. The molecular formula is C44H60Si. The van der Waals surface area contributed by atoms with Gasteiger partial charge in [0.2, 0.25) is 0 Å². The van der Waals surface area contributed by atoms with Gasteiger partial charge in [0.15, 0.2) is 0 Å². The van der Waals surface area contributed by atoms with Crippen LogP contribution in [0.15, 0.2) is 85.0 Å². The van der Waals surface area contributed by atoms with Crippen molar-refractivity contribution in [2.75, 3.05) is 0 Å². The molecule has 2 aromatic rings. The first-order valence-corrected chi connectivity index (χ1v) is 21.4. The Labute approximate surface area is 277 Å². The highest BCUT2D eigenvalue weighted by atomic mass is 28.3. The standard InChI is InChI=1S/C44H60Si/c1-11-29-27-39-35(31-19-23-33(24-20-31)43(3,4)5)15-13-17-37(39)41(29)45(9,10)42-30(12-2)28-40-36(16-14-18-38(40)42)32-21-25-34(26-22-32)44(6,7)8/h13-26,29-30,37-42H,11-12,27-28H2,1-10H3. The highest BCUT2D eigenvalue weighted by Gasteiger charge is 2.58. The molecule has 0 N–H and O–H groups in total. The first-order chi connectivity index (χ1) is 21.3. The van der Waals surface area contributed by atoms with Gasteiger partial charge in [0.25, 0.3) is 0 Å². The van der Waals surface area contributed by atoms with Crippen LogP contribution in [-0.4, -0.2) is 8.07 Å². The molecule has 0 heterocycles. The minimum atomic E-state index is -1.71. The third-order valence-corrected chi connectivity index (χ3v) is 18.0. The zero-order valence-corrected chi connectivity index (χ0v) is 31.0. The zero-order valence-electron chi connectivity index (χ0n) is 30.0. The molecule has 0 bridgehead atoms. The average Bonchev–Trinajstić information content (AvgIpc) is 3.60. The quantitative estimate of drug-likeness (QED) is 0.283. The lowest BCUT2D eigenvalue weighted by molar-refractivity contribution is 0.452. The molecule has 0 spiro atoms. The Hall–Kier alpha value is -2.38. The van der Waals surface area contributed by atoms with Crippen LogP contribution in [0.4, 0.5) is 0 Å². The molecule has 0 aliphatic heterocycles. The smallest absolute Gasteiger partial charge is 0.0553 e. The molecule has 0 radical (unpaired) electrons. The molecule has 6 rings (SSSR count). The maximum atomic E-state index is 2.83. The van der Waals surface area contributed by atoms with Crippen molar-refractivity contribution in [1.29, 1.82) is 0 Å². The lowest BCUT2D eigenvalue weighted by atomic mass is 9.80. The van der Waals surface area contributed by atoms with Gasteiger partial charge in [-0.25, -0.2) is 0 Å². The van der Waals surface area contributed by atoms with Gasteiger partial charge >= 0.3 is 0 Å². The summed E-state index contributed by atoms with van der Waals surface area (Å²) in [7, 11) is -1.71. The van der Waals surface area contributed by atoms with Crippen molar-refractivity contribution < 1.29 is 0 Å². The third-order valence-electron chi connectivity index (χ3n) is 12.8. The van der Waals surface area contributed by atoms with E-state index in [1.165, 1.54) is 47.9 Å². The van der Waals surface area contributed by atoms with Gasteiger partial charge < -0.3 is 0 Å². The molecule has 4 aliphatic carbocycles. The van der Waals surface area contributed by atoms with Gasteiger partial charge in [0.1, 0.15) is 0 Å². The Morgan fingerprint density at radius 1 is 0.578 bits per heavy atom. The maximum absolute atomic E-state index is 2.83. The Kier molecular flexibility index (Phi) is 8.69. The van der Waals surface area contributed by atoms with E-state index >= 15 is 0 Å². The minimum absolute atomic E-state index is 0.191. The minimum Gasteiger partial charge on any atom is -0.0808 e. The van der Waals surface area contributed by atoms with Crippen molar-refractivity contribution in [2.24, 2.45) is 35.5 Å². The monoisotopic (exact) mass is 616 g/mol. The summed E-state index contributed by atoms with van der Waals surface area (Å²) in [5.74, 6) is 4.34. The predicted molar refractivity (Wildman–Crippen MR) is 200 cm³/mol. The molecule has 240 valence electrons. The van der Waals surface area contributed by atoms with Crippen LogP contribution < -0.4 is 0 Å². The Morgan fingerprint density at radius 2 is 0.933 bits per heavy atom. The summed E-state index contributed by atoms with van der Waals surface area (Å²) in [4.78, 5) is 0. The van der Waals surface area contributed by atoms with E-state index in [1.807, 2.05) is 0 Å². The third kappa shape index (κ3) is 5.86. The van der Waals surface area contributed by atoms with E-state index in [-0.39, 0.29) is 10.8 Å². The summed E-state index contributed by atoms with van der Waals surface area (Å²) >= 11 is 0.